The van der Waals surface area contributed by atoms with Gasteiger partial charge in [0.05, 0.1) is 6.61 Å². The first kappa shape index (κ1) is 19.0. The van der Waals surface area contributed by atoms with Crippen molar-refractivity contribution in [2.75, 3.05) is 26.7 Å². The van der Waals surface area contributed by atoms with Crippen molar-refractivity contribution in [3.63, 3.8) is 0 Å². The third-order valence-corrected chi connectivity index (χ3v) is 5.81. The van der Waals surface area contributed by atoms with Crippen LogP contribution in [0.15, 0.2) is 53.5 Å². The second-order valence-electron chi connectivity index (χ2n) is 7.81. The number of nitrogens with one attached hydrogen (secondary N) is 1. The summed E-state index contributed by atoms with van der Waals surface area (Å²) in [6.45, 7) is 4.68. The smallest absolute Gasteiger partial charge is 0.120 e. The Bertz CT molecular complexity index is 839. The molecule has 2 aromatic carbocycles. The van der Waals surface area contributed by atoms with Gasteiger partial charge in [0.25, 0.3) is 0 Å². The number of ether oxygens (including phenoxy) is 1. The highest BCUT2D eigenvalue weighted by Crippen LogP contribution is 2.37. The fraction of sp³-hybridized carbons (Fsp3) is 0.435. The van der Waals surface area contributed by atoms with Gasteiger partial charge in [-0.15, -0.1) is 0 Å². The van der Waals surface area contributed by atoms with Gasteiger partial charge in [-0.1, -0.05) is 18.2 Å². The second-order valence-corrected chi connectivity index (χ2v) is 7.81. The molecule has 0 radical (unpaired) electrons. The van der Waals surface area contributed by atoms with Crippen LogP contribution < -0.4 is 10.1 Å². The summed E-state index contributed by atoms with van der Waals surface area (Å²) < 4.78 is 5.59. The first-order chi connectivity index (χ1) is 13.6. The van der Waals surface area contributed by atoms with Gasteiger partial charge in [-0.2, -0.15) is 0 Å². The summed E-state index contributed by atoms with van der Waals surface area (Å²) >= 11 is 0. The molecule has 2 aliphatic rings. The standard InChI is InChI=1S/C23H29N3O2/c1-3-28-18-10-8-17(9-11-18)20-16-21(19-6-4-5-7-22(19)27)25-23(24-20)12-14-26(2)15-13-23/h4-11,21,25,27H,3,12-16H2,1-2H3/t21-/m1/s1. The van der Waals surface area contributed by atoms with Crippen molar-refractivity contribution in [1.29, 1.82) is 0 Å². The molecule has 1 fully saturated rings. The molecular weight excluding hydrogens is 350 g/mol. The highest BCUT2D eigenvalue weighted by Gasteiger charge is 2.39. The number of hydrogen-bond acceptors (Lipinski definition) is 5. The maximum Gasteiger partial charge on any atom is 0.120 e. The maximum absolute atomic E-state index is 10.4. The minimum Gasteiger partial charge on any atom is -0.508 e. The van der Waals surface area contributed by atoms with Crippen molar-refractivity contribution in [2.24, 2.45) is 4.99 Å². The second kappa shape index (κ2) is 7.94. The third kappa shape index (κ3) is 3.91. The average molecular weight is 380 g/mol. The Hall–Kier alpha value is -2.37. The molecule has 28 heavy (non-hydrogen) atoms. The first-order valence-corrected chi connectivity index (χ1v) is 10.1. The molecule has 1 atom stereocenters. The van der Waals surface area contributed by atoms with Gasteiger partial charge in [-0.05, 0) is 62.7 Å². The van der Waals surface area contributed by atoms with Crippen molar-refractivity contribution in [2.45, 2.75) is 37.9 Å². The Balaban J connectivity index is 1.68. The van der Waals surface area contributed by atoms with Crippen LogP contribution in [0.4, 0.5) is 0 Å². The molecule has 1 saturated heterocycles. The van der Waals surface area contributed by atoms with Crippen molar-refractivity contribution >= 4 is 5.71 Å². The van der Waals surface area contributed by atoms with E-state index < -0.39 is 0 Å². The molecule has 0 aliphatic carbocycles. The Morgan fingerprint density at radius 2 is 1.86 bits per heavy atom. The maximum atomic E-state index is 10.4. The van der Waals surface area contributed by atoms with E-state index >= 15 is 0 Å². The van der Waals surface area contributed by atoms with E-state index in [0.29, 0.717) is 12.4 Å². The van der Waals surface area contributed by atoms with Gasteiger partial charge in [-0.3, -0.25) is 10.3 Å². The number of hydrogen-bond donors (Lipinski definition) is 2. The SMILES string of the molecule is CCOc1ccc(C2=NC3(CCN(C)CC3)N[C@@H](c3ccccc3O)C2)cc1. The lowest BCUT2D eigenvalue weighted by molar-refractivity contribution is 0.144. The largest absolute Gasteiger partial charge is 0.508 e. The highest BCUT2D eigenvalue weighted by atomic mass is 16.5. The molecule has 1 spiro atoms. The van der Waals surface area contributed by atoms with Crippen molar-refractivity contribution in [3.05, 3.63) is 59.7 Å². The summed E-state index contributed by atoms with van der Waals surface area (Å²) in [7, 11) is 2.16. The van der Waals surface area contributed by atoms with Crippen LogP contribution in [0.3, 0.4) is 0 Å². The highest BCUT2D eigenvalue weighted by molar-refractivity contribution is 6.01. The molecule has 5 heteroatoms. The number of rotatable bonds is 4. The van der Waals surface area contributed by atoms with E-state index in [2.05, 4.69) is 29.4 Å². The number of nitrogens with zero attached hydrogens (tertiary/aromatic N) is 2. The van der Waals surface area contributed by atoms with Crippen LogP contribution in [0, 0.1) is 0 Å². The quantitative estimate of drug-likeness (QED) is 0.850. The van der Waals surface area contributed by atoms with E-state index in [0.717, 1.165) is 54.9 Å². The number of phenols is 1. The lowest BCUT2D eigenvalue weighted by Gasteiger charge is -2.44. The van der Waals surface area contributed by atoms with Gasteiger partial charge < -0.3 is 14.7 Å². The molecule has 4 rings (SSSR count). The van der Waals surface area contributed by atoms with Crippen LogP contribution in [-0.2, 0) is 0 Å². The van der Waals surface area contributed by atoms with Crippen LogP contribution in [0.2, 0.25) is 0 Å². The van der Waals surface area contributed by atoms with Gasteiger partial charge in [0.1, 0.15) is 17.2 Å². The van der Waals surface area contributed by atoms with Gasteiger partial charge >= 0.3 is 0 Å². The molecule has 2 aliphatic heterocycles. The van der Waals surface area contributed by atoms with Crippen LogP contribution in [0.1, 0.15) is 43.4 Å². The van der Waals surface area contributed by atoms with Crippen molar-refractivity contribution < 1.29 is 9.84 Å². The van der Waals surface area contributed by atoms with Crippen molar-refractivity contribution in [1.82, 2.24) is 10.2 Å². The summed E-state index contributed by atoms with van der Waals surface area (Å²) in [4.78, 5) is 7.56. The lowest BCUT2D eigenvalue weighted by Crippen LogP contribution is -2.55. The summed E-state index contributed by atoms with van der Waals surface area (Å²) in [6, 6.07) is 15.9. The minimum absolute atomic E-state index is 0.0451. The van der Waals surface area contributed by atoms with E-state index in [1.54, 1.807) is 6.07 Å². The number of likely N-dealkylation sites (tertiary alicyclic amines) is 1. The number of piperidine rings is 1. The number of aromatic hydroxyl groups is 1. The number of phenolic OH excluding ortho intramolecular Hbond substituents is 1. The molecule has 5 nitrogen and oxygen atoms in total. The molecule has 0 saturated carbocycles. The predicted octanol–water partition coefficient (Wildman–Crippen LogP) is 3.74. The average Bonchev–Trinajstić information content (AvgIpc) is 2.71. The zero-order chi connectivity index (χ0) is 19.6. The molecule has 0 bridgehead atoms. The summed E-state index contributed by atoms with van der Waals surface area (Å²) in [5.41, 5.74) is 2.90. The Labute approximate surface area is 167 Å². The van der Waals surface area contributed by atoms with Crippen molar-refractivity contribution in [3.8, 4) is 11.5 Å². The summed E-state index contributed by atoms with van der Waals surface area (Å²) in [6.07, 6.45) is 2.69. The molecule has 2 aromatic rings. The normalized spacial score (nSPS) is 22.1. The predicted molar refractivity (Wildman–Crippen MR) is 112 cm³/mol. The third-order valence-electron chi connectivity index (χ3n) is 5.81. The first-order valence-electron chi connectivity index (χ1n) is 10.1. The summed E-state index contributed by atoms with van der Waals surface area (Å²) in [5.74, 6) is 1.23. The number of para-hydroxylation sites is 1. The molecule has 2 N–H and O–H groups in total. The van der Waals surface area contributed by atoms with E-state index in [1.165, 1.54) is 0 Å². The van der Waals surface area contributed by atoms with Crippen LogP contribution in [-0.4, -0.2) is 48.1 Å². The van der Waals surface area contributed by atoms with Gasteiger partial charge in [0.2, 0.25) is 0 Å². The molecule has 0 amide bonds. The van der Waals surface area contributed by atoms with Gasteiger partial charge in [-0.25, -0.2) is 0 Å². The van der Waals surface area contributed by atoms with Crippen LogP contribution >= 0.6 is 0 Å². The molecule has 2 heterocycles. The van der Waals surface area contributed by atoms with E-state index in [4.69, 9.17) is 9.73 Å². The van der Waals surface area contributed by atoms with E-state index in [1.807, 2.05) is 37.3 Å². The number of aliphatic imine (C=N–C) groups is 1. The zero-order valence-corrected chi connectivity index (χ0v) is 16.7. The number of benzene rings is 2. The molecule has 0 unspecified atom stereocenters. The van der Waals surface area contributed by atoms with Crippen LogP contribution in [0.5, 0.6) is 11.5 Å². The molecule has 0 aromatic heterocycles. The lowest BCUT2D eigenvalue weighted by atomic mass is 9.87. The Morgan fingerprint density at radius 3 is 2.54 bits per heavy atom. The monoisotopic (exact) mass is 379 g/mol. The Kier molecular flexibility index (Phi) is 5.38. The van der Waals surface area contributed by atoms with Gasteiger partial charge in [0.15, 0.2) is 0 Å². The fourth-order valence-electron chi connectivity index (χ4n) is 4.21. The van der Waals surface area contributed by atoms with E-state index in [9.17, 15) is 5.11 Å². The molecule has 148 valence electrons. The fourth-order valence-corrected chi connectivity index (χ4v) is 4.21. The topological polar surface area (TPSA) is 57.1 Å². The van der Waals surface area contributed by atoms with E-state index in [-0.39, 0.29) is 11.7 Å². The summed E-state index contributed by atoms with van der Waals surface area (Å²) in [5, 5.41) is 14.2. The zero-order valence-electron chi connectivity index (χ0n) is 16.7. The Morgan fingerprint density at radius 1 is 1.14 bits per heavy atom. The van der Waals surface area contributed by atoms with Gasteiger partial charge in [0, 0.05) is 36.8 Å². The van der Waals surface area contributed by atoms with Crippen LogP contribution in [0.25, 0.3) is 0 Å². The minimum atomic E-state index is -0.272. The molecular formula is C23H29N3O2.